The molecular weight excluding hydrogens is 382 g/mol. The molecule has 0 radical (unpaired) electrons. The van der Waals surface area contributed by atoms with E-state index in [1.807, 2.05) is 43.3 Å². The number of fused-ring (bicyclic) bond motifs is 1. The van der Waals surface area contributed by atoms with Crippen LogP contribution < -0.4 is 9.64 Å². The Labute approximate surface area is 176 Å². The average molecular weight is 412 g/mol. The number of amides is 1. The first kappa shape index (κ1) is 21.3. The van der Waals surface area contributed by atoms with Gasteiger partial charge in [0.2, 0.25) is 5.91 Å². The minimum atomic E-state index is 0.0741. The largest absolute Gasteiger partial charge is 0.494 e. The van der Waals surface area contributed by atoms with Crippen LogP contribution in [-0.2, 0) is 11.2 Å². The molecule has 5 nitrogen and oxygen atoms in total. The normalized spacial score (nSPS) is 11.2. The maximum atomic E-state index is 13.3. The molecule has 0 atom stereocenters. The highest BCUT2D eigenvalue weighted by atomic mass is 32.1. The number of ether oxygens (including phenoxy) is 1. The minimum absolute atomic E-state index is 0.0741. The van der Waals surface area contributed by atoms with Crippen LogP contribution in [0.3, 0.4) is 0 Å². The number of hydrogen-bond acceptors (Lipinski definition) is 5. The molecule has 0 aliphatic rings. The smallest absolute Gasteiger partial charge is 0.233 e. The topological polar surface area (TPSA) is 45.7 Å². The Balaban J connectivity index is 1.89. The quantitative estimate of drug-likeness (QED) is 0.549. The summed E-state index contributed by atoms with van der Waals surface area (Å²) in [6.07, 6.45) is 1.26. The Kier molecular flexibility index (Phi) is 6.87. The number of carbonyl (C=O) groups is 1. The van der Waals surface area contributed by atoms with Crippen LogP contribution in [0.2, 0.25) is 0 Å². The number of aromatic nitrogens is 1. The summed E-state index contributed by atoms with van der Waals surface area (Å²) in [5.74, 6) is 0.810. The van der Waals surface area contributed by atoms with Crippen LogP contribution in [0.4, 0.5) is 5.13 Å². The first-order valence-electron chi connectivity index (χ1n) is 9.84. The van der Waals surface area contributed by atoms with E-state index >= 15 is 0 Å². The van der Waals surface area contributed by atoms with Crippen molar-refractivity contribution in [2.75, 3.05) is 39.2 Å². The molecule has 0 spiro atoms. The Bertz CT molecular complexity index is 997. The summed E-state index contributed by atoms with van der Waals surface area (Å²) >= 11 is 1.54. The van der Waals surface area contributed by atoms with Gasteiger partial charge in [-0.15, -0.1) is 0 Å². The predicted molar refractivity (Wildman–Crippen MR) is 121 cm³/mol. The third-order valence-electron chi connectivity index (χ3n) is 5.04. The van der Waals surface area contributed by atoms with Gasteiger partial charge in [0, 0.05) is 6.54 Å². The number of anilines is 1. The SMILES string of the molecule is COc1cccc2sc(N(CCCN(C)C)C(=O)Cc3ccc(C)c(C)c3)nc12. The Hall–Kier alpha value is -2.44. The van der Waals surface area contributed by atoms with Crippen molar-refractivity contribution < 1.29 is 9.53 Å². The molecule has 0 aliphatic carbocycles. The molecule has 3 aromatic rings. The van der Waals surface area contributed by atoms with Crippen LogP contribution in [0.1, 0.15) is 23.1 Å². The zero-order valence-electron chi connectivity index (χ0n) is 17.9. The lowest BCUT2D eigenvalue weighted by molar-refractivity contribution is -0.118. The summed E-state index contributed by atoms with van der Waals surface area (Å²) in [6, 6.07) is 12.1. The van der Waals surface area contributed by atoms with E-state index in [-0.39, 0.29) is 5.91 Å². The summed E-state index contributed by atoms with van der Waals surface area (Å²) < 4.78 is 6.47. The second-order valence-electron chi connectivity index (χ2n) is 7.60. The fourth-order valence-electron chi connectivity index (χ4n) is 3.25. The predicted octanol–water partition coefficient (Wildman–Crippen LogP) is 4.45. The number of thiazole rings is 1. The third kappa shape index (κ3) is 5.14. The molecule has 0 unspecified atom stereocenters. The molecule has 2 aromatic carbocycles. The van der Waals surface area contributed by atoms with E-state index in [4.69, 9.17) is 9.72 Å². The lowest BCUT2D eigenvalue weighted by Crippen LogP contribution is -2.34. The molecule has 6 heteroatoms. The van der Waals surface area contributed by atoms with Gasteiger partial charge >= 0.3 is 0 Å². The monoisotopic (exact) mass is 411 g/mol. The van der Waals surface area contributed by atoms with Crippen LogP contribution in [0, 0.1) is 13.8 Å². The van der Waals surface area contributed by atoms with Crippen molar-refractivity contribution in [1.82, 2.24) is 9.88 Å². The molecule has 0 saturated heterocycles. The van der Waals surface area contributed by atoms with E-state index in [1.165, 1.54) is 22.5 Å². The highest BCUT2D eigenvalue weighted by Crippen LogP contribution is 2.34. The minimum Gasteiger partial charge on any atom is -0.494 e. The van der Waals surface area contributed by atoms with Crippen molar-refractivity contribution in [3.8, 4) is 5.75 Å². The summed E-state index contributed by atoms with van der Waals surface area (Å²) in [5, 5.41) is 0.733. The maximum Gasteiger partial charge on any atom is 0.233 e. The lowest BCUT2D eigenvalue weighted by atomic mass is 10.0. The molecule has 0 bridgehead atoms. The van der Waals surface area contributed by atoms with Crippen molar-refractivity contribution in [1.29, 1.82) is 0 Å². The molecule has 0 N–H and O–H groups in total. The molecule has 1 heterocycles. The third-order valence-corrected chi connectivity index (χ3v) is 6.08. The van der Waals surface area contributed by atoms with Crippen molar-refractivity contribution in [2.45, 2.75) is 26.7 Å². The number of hydrogen-bond donors (Lipinski definition) is 0. The fraction of sp³-hybridized carbons (Fsp3) is 0.391. The number of methoxy groups -OCH3 is 1. The Morgan fingerprint density at radius 3 is 2.59 bits per heavy atom. The number of rotatable bonds is 8. The Morgan fingerprint density at radius 1 is 1.10 bits per heavy atom. The number of benzene rings is 2. The second kappa shape index (κ2) is 9.37. The van der Waals surface area contributed by atoms with Crippen molar-refractivity contribution in [3.05, 3.63) is 53.1 Å². The van der Waals surface area contributed by atoms with Crippen molar-refractivity contribution in [3.63, 3.8) is 0 Å². The average Bonchev–Trinajstić information content (AvgIpc) is 3.11. The number of para-hydroxylation sites is 1. The Morgan fingerprint density at radius 2 is 1.90 bits per heavy atom. The van der Waals surface area contributed by atoms with Gasteiger partial charge in [-0.2, -0.15) is 0 Å². The van der Waals surface area contributed by atoms with E-state index in [2.05, 4.69) is 30.9 Å². The molecule has 29 heavy (non-hydrogen) atoms. The summed E-state index contributed by atoms with van der Waals surface area (Å²) in [7, 11) is 5.74. The van der Waals surface area contributed by atoms with Crippen LogP contribution in [0.15, 0.2) is 36.4 Å². The van der Waals surface area contributed by atoms with Crippen LogP contribution in [0.25, 0.3) is 10.2 Å². The van der Waals surface area contributed by atoms with E-state index in [0.29, 0.717) is 13.0 Å². The van der Waals surface area contributed by atoms with Gasteiger partial charge in [-0.05, 0) is 69.7 Å². The zero-order chi connectivity index (χ0) is 21.0. The molecule has 154 valence electrons. The first-order chi connectivity index (χ1) is 13.9. The van der Waals surface area contributed by atoms with Gasteiger partial charge in [0.25, 0.3) is 0 Å². The molecule has 0 aliphatic heterocycles. The van der Waals surface area contributed by atoms with Crippen LogP contribution in [0.5, 0.6) is 5.75 Å². The van der Waals surface area contributed by atoms with Crippen LogP contribution in [-0.4, -0.2) is 50.1 Å². The summed E-state index contributed by atoms with van der Waals surface area (Å²) in [6.45, 7) is 5.73. The summed E-state index contributed by atoms with van der Waals surface area (Å²) in [5.41, 5.74) is 4.29. The molecular formula is C23H29N3O2S. The first-order valence-corrected chi connectivity index (χ1v) is 10.7. The molecule has 0 saturated carbocycles. The van der Waals surface area contributed by atoms with E-state index in [9.17, 15) is 4.79 Å². The van der Waals surface area contributed by atoms with Gasteiger partial charge < -0.3 is 9.64 Å². The number of nitrogens with zero attached hydrogens (tertiary/aromatic N) is 3. The molecule has 3 rings (SSSR count). The fourth-order valence-corrected chi connectivity index (χ4v) is 4.27. The highest BCUT2D eigenvalue weighted by Gasteiger charge is 2.21. The molecule has 0 fully saturated rings. The molecule has 1 aromatic heterocycles. The van der Waals surface area contributed by atoms with Gasteiger partial charge in [-0.3, -0.25) is 9.69 Å². The van der Waals surface area contributed by atoms with E-state index in [1.54, 1.807) is 7.11 Å². The lowest BCUT2D eigenvalue weighted by Gasteiger charge is -2.21. The zero-order valence-corrected chi connectivity index (χ0v) is 18.7. The van der Waals surface area contributed by atoms with Crippen molar-refractivity contribution in [2.24, 2.45) is 0 Å². The van der Waals surface area contributed by atoms with Crippen molar-refractivity contribution >= 4 is 32.6 Å². The standard InChI is InChI=1S/C23H29N3O2S/c1-16-10-11-18(14-17(16)2)15-21(27)26(13-7-12-25(3)4)23-24-22-19(28-5)8-6-9-20(22)29-23/h6,8-11,14H,7,12-13,15H2,1-5H3. The van der Waals surface area contributed by atoms with E-state index in [0.717, 1.165) is 39.6 Å². The second-order valence-corrected chi connectivity index (χ2v) is 8.61. The van der Waals surface area contributed by atoms with Gasteiger partial charge in [0.05, 0.1) is 18.2 Å². The highest BCUT2D eigenvalue weighted by molar-refractivity contribution is 7.22. The summed E-state index contributed by atoms with van der Waals surface area (Å²) in [4.78, 5) is 22.0. The van der Waals surface area contributed by atoms with E-state index < -0.39 is 0 Å². The van der Waals surface area contributed by atoms with Gasteiger partial charge in [-0.25, -0.2) is 4.98 Å². The van der Waals surface area contributed by atoms with Gasteiger partial charge in [0.15, 0.2) is 5.13 Å². The number of aryl methyl sites for hydroxylation is 2. The van der Waals surface area contributed by atoms with Gasteiger partial charge in [0.1, 0.15) is 11.3 Å². The van der Waals surface area contributed by atoms with Gasteiger partial charge in [-0.1, -0.05) is 35.6 Å². The maximum absolute atomic E-state index is 13.3. The number of carbonyl (C=O) groups excluding carboxylic acids is 1. The molecule has 1 amide bonds. The van der Waals surface area contributed by atoms with Crippen LogP contribution >= 0.6 is 11.3 Å².